The van der Waals surface area contributed by atoms with Gasteiger partial charge in [0.15, 0.2) is 5.76 Å². The molecule has 3 aromatic carbocycles. The van der Waals surface area contributed by atoms with Crippen LogP contribution >= 0.6 is 11.6 Å². The van der Waals surface area contributed by atoms with Gasteiger partial charge >= 0.3 is 0 Å². The van der Waals surface area contributed by atoms with Crippen molar-refractivity contribution in [2.75, 3.05) is 0 Å². The van der Waals surface area contributed by atoms with Gasteiger partial charge in [-0.1, -0.05) is 60.1 Å². The van der Waals surface area contributed by atoms with E-state index in [1.807, 2.05) is 61.5 Å². The standard InChI is InChI=1S/C23H17ClO3/c1-15-7-12-19-20(13-15)27-22(17-5-3-2-4-6-17)23(21(19)25)26-14-16-8-10-18(24)11-9-16/h2-13H,14H2,1H3. The Hall–Kier alpha value is -3.04. The van der Waals surface area contributed by atoms with E-state index < -0.39 is 0 Å². The largest absolute Gasteiger partial charge is 0.481 e. The van der Waals surface area contributed by atoms with Crippen LogP contribution in [0.25, 0.3) is 22.3 Å². The quantitative estimate of drug-likeness (QED) is 0.438. The molecule has 4 heteroatoms. The minimum Gasteiger partial charge on any atom is -0.481 e. The number of hydrogen-bond acceptors (Lipinski definition) is 3. The predicted octanol–water partition coefficient (Wildman–Crippen LogP) is 6.00. The van der Waals surface area contributed by atoms with E-state index in [9.17, 15) is 4.79 Å². The van der Waals surface area contributed by atoms with Crippen LogP contribution in [0.1, 0.15) is 11.1 Å². The highest BCUT2D eigenvalue weighted by molar-refractivity contribution is 6.30. The zero-order chi connectivity index (χ0) is 18.8. The van der Waals surface area contributed by atoms with Crippen LogP contribution in [0.15, 0.2) is 82.0 Å². The summed E-state index contributed by atoms with van der Waals surface area (Å²) >= 11 is 5.93. The number of rotatable bonds is 4. The summed E-state index contributed by atoms with van der Waals surface area (Å²) in [5, 5.41) is 1.16. The molecule has 0 unspecified atom stereocenters. The van der Waals surface area contributed by atoms with Crippen LogP contribution in [0.3, 0.4) is 0 Å². The summed E-state index contributed by atoms with van der Waals surface area (Å²) in [5.41, 5.74) is 3.12. The number of fused-ring (bicyclic) bond motifs is 1. The minimum atomic E-state index is -0.177. The first kappa shape index (κ1) is 17.4. The lowest BCUT2D eigenvalue weighted by Gasteiger charge is -2.12. The lowest BCUT2D eigenvalue weighted by molar-refractivity contribution is 0.298. The van der Waals surface area contributed by atoms with Crippen molar-refractivity contribution in [2.24, 2.45) is 0 Å². The monoisotopic (exact) mass is 376 g/mol. The fraction of sp³-hybridized carbons (Fsp3) is 0.0870. The molecule has 0 atom stereocenters. The van der Waals surface area contributed by atoms with E-state index >= 15 is 0 Å². The van der Waals surface area contributed by atoms with Crippen LogP contribution in [0.2, 0.25) is 5.02 Å². The van der Waals surface area contributed by atoms with Crippen LogP contribution in [0, 0.1) is 6.92 Å². The second kappa shape index (κ2) is 7.29. The zero-order valence-electron chi connectivity index (χ0n) is 14.7. The maximum absolute atomic E-state index is 13.1. The molecule has 0 aliphatic heterocycles. The Morgan fingerprint density at radius 1 is 0.963 bits per heavy atom. The molecule has 0 bridgehead atoms. The number of halogens is 1. The first-order valence-electron chi connectivity index (χ1n) is 8.62. The molecule has 1 heterocycles. The Morgan fingerprint density at radius 3 is 2.44 bits per heavy atom. The number of benzene rings is 3. The van der Waals surface area contributed by atoms with Gasteiger partial charge in [-0.2, -0.15) is 0 Å². The van der Waals surface area contributed by atoms with Gasteiger partial charge in [0.1, 0.15) is 12.2 Å². The highest BCUT2D eigenvalue weighted by atomic mass is 35.5. The third kappa shape index (κ3) is 3.60. The molecular weight excluding hydrogens is 360 g/mol. The SMILES string of the molecule is Cc1ccc2c(=O)c(OCc3ccc(Cl)cc3)c(-c3ccccc3)oc2c1. The molecule has 0 aliphatic carbocycles. The fourth-order valence-electron chi connectivity index (χ4n) is 2.93. The molecule has 0 saturated carbocycles. The van der Waals surface area contributed by atoms with Gasteiger partial charge in [-0.25, -0.2) is 0 Å². The third-order valence-electron chi connectivity index (χ3n) is 4.34. The number of aryl methyl sites for hydroxylation is 1. The van der Waals surface area contributed by atoms with Gasteiger partial charge in [-0.15, -0.1) is 0 Å². The fourth-order valence-corrected chi connectivity index (χ4v) is 3.06. The Bertz CT molecular complexity index is 1150. The molecule has 0 fully saturated rings. The summed E-state index contributed by atoms with van der Waals surface area (Å²) in [6.07, 6.45) is 0. The van der Waals surface area contributed by atoms with Gasteiger partial charge in [-0.05, 0) is 42.3 Å². The van der Waals surface area contributed by atoms with Gasteiger partial charge in [-0.3, -0.25) is 4.79 Å². The highest BCUT2D eigenvalue weighted by Gasteiger charge is 2.18. The molecule has 0 amide bonds. The van der Waals surface area contributed by atoms with Crippen LogP contribution in [-0.2, 0) is 6.61 Å². The molecule has 4 rings (SSSR count). The summed E-state index contributed by atoms with van der Waals surface area (Å²) in [6.45, 7) is 2.21. The van der Waals surface area contributed by atoms with Crippen molar-refractivity contribution in [3.8, 4) is 17.1 Å². The van der Waals surface area contributed by atoms with E-state index in [-0.39, 0.29) is 17.8 Å². The number of ether oxygens (including phenoxy) is 1. The maximum atomic E-state index is 13.1. The Morgan fingerprint density at radius 2 is 1.70 bits per heavy atom. The first-order valence-corrected chi connectivity index (χ1v) is 9.00. The van der Waals surface area contributed by atoms with E-state index in [2.05, 4.69) is 0 Å². The van der Waals surface area contributed by atoms with Crippen LogP contribution in [0.5, 0.6) is 5.75 Å². The van der Waals surface area contributed by atoms with Crippen molar-refractivity contribution < 1.29 is 9.15 Å². The third-order valence-corrected chi connectivity index (χ3v) is 4.59. The molecule has 3 nitrogen and oxygen atoms in total. The molecule has 1 aromatic heterocycles. The highest BCUT2D eigenvalue weighted by Crippen LogP contribution is 2.31. The molecule has 0 radical (unpaired) electrons. The summed E-state index contributed by atoms with van der Waals surface area (Å²) in [4.78, 5) is 13.1. The average molecular weight is 377 g/mol. The molecule has 0 aliphatic rings. The van der Waals surface area contributed by atoms with E-state index in [4.69, 9.17) is 20.8 Å². The van der Waals surface area contributed by atoms with Gasteiger partial charge in [0, 0.05) is 10.6 Å². The van der Waals surface area contributed by atoms with Gasteiger partial charge in [0.25, 0.3) is 0 Å². The Balaban J connectivity index is 1.83. The van der Waals surface area contributed by atoms with Crippen LogP contribution in [0.4, 0.5) is 0 Å². The van der Waals surface area contributed by atoms with Gasteiger partial charge in [0.05, 0.1) is 5.39 Å². The summed E-state index contributed by atoms with van der Waals surface area (Å²) in [5.74, 6) is 0.653. The average Bonchev–Trinajstić information content (AvgIpc) is 2.69. The van der Waals surface area contributed by atoms with Crippen LogP contribution in [-0.4, -0.2) is 0 Å². The normalized spacial score (nSPS) is 10.9. The molecule has 0 N–H and O–H groups in total. The Labute approximate surface area is 161 Å². The first-order chi connectivity index (χ1) is 13.1. The predicted molar refractivity (Wildman–Crippen MR) is 108 cm³/mol. The molecule has 0 saturated heterocycles. The summed E-state index contributed by atoms with van der Waals surface area (Å²) in [7, 11) is 0. The van der Waals surface area contributed by atoms with Crippen LogP contribution < -0.4 is 10.2 Å². The minimum absolute atomic E-state index is 0.177. The van der Waals surface area contributed by atoms with E-state index in [0.717, 1.165) is 16.7 Å². The molecule has 4 aromatic rings. The lowest BCUT2D eigenvalue weighted by atomic mass is 10.1. The smallest absolute Gasteiger partial charge is 0.235 e. The zero-order valence-corrected chi connectivity index (χ0v) is 15.5. The maximum Gasteiger partial charge on any atom is 0.235 e. The Kier molecular flexibility index (Phi) is 4.69. The topological polar surface area (TPSA) is 39.4 Å². The number of hydrogen-bond donors (Lipinski definition) is 0. The van der Waals surface area contributed by atoms with Gasteiger partial charge in [0.2, 0.25) is 11.2 Å². The molecule has 0 spiro atoms. The molecular formula is C23H17ClO3. The summed E-state index contributed by atoms with van der Waals surface area (Å²) in [6, 6.07) is 22.4. The van der Waals surface area contributed by atoms with Crippen molar-refractivity contribution in [3.05, 3.63) is 99.2 Å². The van der Waals surface area contributed by atoms with E-state index in [0.29, 0.717) is 21.8 Å². The summed E-state index contributed by atoms with van der Waals surface area (Å²) < 4.78 is 12.0. The van der Waals surface area contributed by atoms with Crippen molar-refractivity contribution >= 4 is 22.6 Å². The van der Waals surface area contributed by atoms with Crippen molar-refractivity contribution in [1.29, 1.82) is 0 Å². The van der Waals surface area contributed by atoms with Crippen molar-refractivity contribution in [3.63, 3.8) is 0 Å². The lowest BCUT2D eigenvalue weighted by Crippen LogP contribution is -2.10. The molecule has 134 valence electrons. The second-order valence-corrected chi connectivity index (χ2v) is 6.81. The second-order valence-electron chi connectivity index (χ2n) is 6.37. The molecule has 27 heavy (non-hydrogen) atoms. The van der Waals surface area contributed by atoms with Gasteiger partial charge < -0.3 is 9.15 Å². The van der Waals surface area contributed by atoms with E-state index in [1.165, 1.54) is 0 Å². The van der Waals surface area contributed by atoms with Crippen molar-refractivity contribution in [1.82, 2.24) is 0 Å². The van der Waals surface area contributed by atoms with E-state index in [1.54, 1.807) is 18.2 Å². The van der Waals surface area contributed by atoms with Crippen molar-refractivity contribution in [2.45, 2.75) is 13.5 Å².